The van der Waals surface area contributed by atoms with Crippen LogP contribution >= 0.6 is 0 Å². The fourth-order valence-electron chi connectivity index (χ4n) is 2.33. The molecular weight excluding hydrogens is 290 g/mol. The van der Waals surface area contributed by atoms with E-state index < -0.39 is 0 Å². The number of nitrogens with zero attached hydrogens (tertiary/aromatic N) is 1. The fraction of sp³-hybridized carbons (Fsp3) is 0.111. The third-order valence-corrected chi connectivity index (χ3v) is 3.39. The van der Waals surface area contributed by atoms with E-state index in [0.717, 1.165) is 11.1 Å². The van der Waals surface area contributed by atoms with Gasteiger partial charge in [0.05, 0.1) is 17.9 Å². The van der Waals surface area contributed by atoms with Gasteiger partial charge in [-0.15, -0.1) is 0 Å². The molecule has 5 nitrogen and oxygen atoms in total. The first-order valence-electron chi connectivity index (χ1n) is 7.37. The summed E-state index contributed by atoms with van der Waals surface area (Å²) in [6, 6.07) is 16.2. The summed E-state index contributed by atoms with van der Waals surface area (Å²) >= 11 is 0. The predicted octanol–water partition coefficient (Wildman–Crippen LogP) is 3.08. The molecule has 0 aliphatic heterocycles. The van der Waals surface area contributed by atoms with E-state index >= 15 is 0 Å². The van der Waals surface area contributed by atoms with Gasteiger partial charge in [-0.2, -0.15) is 0 Å². The first-order chi connectivity index (χ1) is 11.2. The summed E-state index contributed by atoms with van der Waals surface area (Å²) in [6.45, 7) is 2.46. The molecule has 0 spiro atoms. The van der Waals surface area contributed by atoms with Crippen molar-refractivity contribution >= 4 is 5.69 Å². The zero-order valence-electron chi connectivity index (χ0n) is 12.7. The molecule has 116 valence electrons. The maximum absolute atomic E-state index is 12.0. The van der Waals surface area contributed by atoms with Crippen molar-refractivity contribution in [2.24, 2.45) is 0 Å². The number of nitrogens with two attached hydrogens (primary N) is 1. The molecule has 0 fully saturated rings. The molecule has 0 bridgehead atoms. The average Bonchev–Trinajstić information content (AvgIpc) is 2.56. The van der Waals surface area contributed by atoms with E-state index in [-0.39, 0.29) is 5.56 Å². The lowest BCUT2D eigenvalue weighted by Gasteiger charge is -2.10. The van der Waals surface area contributed by atoms with Crippen molar-refractivity contribution in [1.29, 1.82) is 0 Å². The van der Waals surface area contributed by atoms with Crippen molar-refractivity contribution in [1.82, 2.24) is 9.97 Å². The van der Waals surface area contributed by atoms with E-state index in [2.05, 4.69) is 9.97 Å². The molecule has 3 aromatic rings. The average molecular weight is 307 g/mol. The lowest BCUT2D eigenvalue weighted by Crippen LogP contribution is -2.09. The van der Waals surface area contributed by atoms with Crippen LogP contribution in [0.5, 0.6) is 5.75 Å². The van der Waals surface area contributed by atoms with Crippen LogP contribution in [0.15, 0.2) is 59.4 Å². The summed E-state index contributed by atoms with van der Waals surface area (Å²) in [5.74, 6) is 1.17. The highest BCUT2D eigenvalue weighted by Gasteiger charge is 2.10. The quantitative estimate of drug-likeness (QED) is 0.726. The number of nitrogen functional groups attached to an aromatic ring is 1. The number of hydrogen-bond acceptors (Lipinski definition) is 4. The zero-order valence-corrected chi connectivity index (χ0v) is 12.7. The van der Waals surface area contributed by atoms with Gasteiger partial charge in [0.25, 0.3) is 5.56 Å². The molecule has 0 saturated heterocycles. The number of para-hydroxylation sites is 1. The second-order valence-corrected chi connectivity index (χ2v) is 5.03. The van der Waals surface area contributed by atoms with Gasteiger partial charge in [0, 0.05) is 17.3 Å². The minimum atomic E-state index is -0.215. The molecular formula is C18H17N3O2. The van der Waals surface area contributed by atoms with E-state index in [9.17, 15) is 4.79 Å². The Hall–Kier alpha value is -3.08. The van der Waals surface area contributed by atoms with E-state index in [4.69, 9.17) is 10.5 Å². The Morgan fingerprint density at radius 2 is 1.87 bits per heavy atom. The van der Waals surface area contributed by atoms with E-state index in [0.29, 0.717) is 29.6 Å². The van der Waals surface area contributed by atoms with Crippen LogP contribution < -0.4 is 16.0 Å². The van der Waals surface area contributed by atoms with Crippen LogP contribution in [0, 0.1) is 0 Å². The SMILES string of the molecule is CCOc1ccccc1-c1nc(-c2ccc(N)cc2)cc(=O)[nH]1. The van der Waals surface area contributed by atoms with E-state index in [1.165, 1.54) is 6.07 Å². The number of ether oxygens (including phenoxy) is 1. The third kappa shape index (κ3) is 3.23. The Balaban J connectivity index is 2.11. The van der Waals surface area contributed by atoms with E-state index in [1.807, 2.05) is 43.3 Å². The van der Waals surface area contributed by atoms with Gasteiger partial charge >= 0.3 is 0 Å². The zero-order chi connectivity index (χ0) is 16.2. The highest BCUT2D eigenvalue weighted by atomic mass is 16.5. The number of anilines is 1. The second kappa shape index (κ2) is 6.36. The second-order valence-electron chi connectivity index (χ2n) is 5.03. The summed E-state index contributed by atoms with van der Waals surface area (Å²) in [7, 11) is 0. The van der Waals surface area contributed by atoms with Crippen molar-refractivity contribution < 1.29 is 4.74 Å². The van der Waals surface area contributed by atoms with Gasteiger partial charge in [-0.3, -0.25) is 4.79 Å². The summed E-state index contributed by atoms with van der Waals surface area (Å²) in [6.07, 6.45) is 0. The highest BCUT2D eigenvalue weighted by Crippen LogP contribution is 2.28. The summed E-state index contributed by atoms with van der Waals surface area (Å²) in [5.41, 5.74) is 8.34. The van der Waals surface area contributed by atoms with Crippen LogP contribution in [0.4, 0.5) is 5.69 Å². The molecule has 23 heavy (non-hydrogen) atoms. The molecule has 0 saturated carbocycles. The van der Waals surface area contributed by atoms with Crippen LogP contribution in [-0.4, -0.2) is 16.6 Å². The molecule has 0 unspecified atom stereocenters. The van der Waals surface area contributed by atoms with Crippen LogP contribution in [0.2, 0.25) is 0 Å². The van der Waals surface area contributed by atoms with Crippen LogP contribution in [-0.2, 0) is 0 Å². The summed E-state index contributed by atoms with van der Waals surface area (Å²) in [4.78, 5) is 19.4. The fourth-order valence-corrected chi connectivity index (χ4v) is 2.33. The van der Waals surface area contributed by atoms with Crippen LogP contribution in [0.1, 0.15) is 6.92 Å². The van der Waals surface area contributed by atoms with Crippen molar-refractivity contribution in [2.75, 3.05) is 12.3 Å². The Morgan fingerprint density at radius 3 is 2.61 bits per heavy atom. The number of aromatic nitrogens is 2. The molecule has 3 N–H and O–H groups in total. The van der Waals surface area contributed by atoms with Crippen molar-refractivity contribution in [2.45, 2.75) is 6.92 Å². The third-order valence-electron chi connectivity index (χ3n) is 3.39. The molecule has 0 aliphatic rings. The van der Waals surface area contributed by atoms with Gasteiger partial charge in [0.1, 0.15) is 11.6 Å². The number of nitrogens with one attached hydrogen (secondary N) is 1. The van der Waals surface area contributed by atoms with Gasteiger partial charge < -0.3 is 15.5 Å². The van der Waals surface area contributed by atoms with Crippen molar-refractivity contribution in [3.63, 3.8) is 0 Å². The Morgan fingerprint density at radius 1 is 1.13 bits per heavy atom. The number of aromatic amines is 1. The molecule has 1 aromatic heterocycles. The first kappa shape index (κ1) is 14.8. The smallest absolute Gasteiger partial charge is 0.251 e. The Bertz CT molecular complexity index is 870. The first-order valence-corrected chi connectivity index (χ1v) is 7.37. The highest BCUT2D eigenvalue weighted by molar-refractivity contribution is 5.68. The summed E-state index contributed by atoms with van der Waals surface area (Å²) in [5, 5.41) is 0. The molecule has 1 heterocycles. The van der Waals surface area contributed by atoms with Crippen molar-refractivity contribution in [3.05, 3.63) is 65.0 Å². The number of hydrogen-bond donors (Lipinski definition) is 2. The topological polar surface area (TPSA) is 81.0 Å². The lowest BCUT2D eigenvalue weighted by molar-refractivity contribution is 0.341. The van der Waals surface area contributed by atoms with Gasteiger partial charge in [0.2, 0.25) is 0 Å². The van der Waals surface area contributed by atoms with E-state index in [1.54, 1.807) is 12.1 Å². The number of rotatable bonds is 4. The molecule has 2 aromatic carbocycles. The van der Waals surface area contributed by atoms with Gasteiger partial charge in [0.15, 0.2) is 0 Å². The number of benzene rings is 2. The minimum Gasteiger partial charge on any atom is -0.493 e. The largest absolute Gasteiger partial charge is 0.493 e. The predicted molar refractivity (Wildman–Crippen MR) is 91.3 cm³/mol. The molecule has 3 rings (SSSR count). The van der Waals surface area contributed by atoms with Gasteiger partial charge in [-0.25, -0.2) is 4.98 Å². The lowest BCUT2D eigenvalue weighted by atomic mass is 10.1. The normalized spacial score (nSPS) is 10.5. The maximum Gasteiger partial charge on any atom is 0.251 e. The standard InChI is InChI=1S/C18H17N3O2/c1-2-23-16-6-4-3-5-14(16)18-20-15(11-17(22)21-18)12-7-9-13(19)10-8-12/h3-11H,2,19H2,1H3,(H,20,21,22). The van der Waals surface area contributed by atoms with Crippen LogP contribution in [0.3, 0.4) is 0 Å². The Kier molecular flexibility index (Phi) is 4.10. The maximum atomic E-state index is 12.0. The van der Waals surface area contributed by atoms with Gasteiger partial charge in [-0.05, 0) is 31.2 Å². The molecule has 0 atom stereocenters. The molecule has 0 radical (unpaired) electrons. The Labute approximate surface area is 133 Å². The minimum absolute atomic E-state index is 0.215. The van der Waals surface area contributed by atoms with Crippen LogP contribution in [0.25, 0.3) is 22.6 Å². The molecule has 5 heteroatoms. The molecule has 0 amide bonds. The monoisotopic (exact) mass is 307 g/mol. The summed E-state index contributed by atoms with van der Waals surface area (Å²) < 4.78 is 5.61. The number of H-pyrrole nitrogens is 1. The van der Waals surface area contributed by atoms with Crippen molar-refractivity contribution in [3.8, 4) is 28.4 Å². The molecule has 0 aliphatic carbocycles. The van der Waals surface area contributed by atoms with Gasteiger partial charge in [-0.1, -0.05) is 24.3 Å².